The molecule has 0 amide bonds. The molecule has 2 aliphatic carbocycles. The Hall–Kier alpha value is -1.42. The summed E-state index contributed by atoms with van der Waals surface area (Å²) in [7, 11) is 0. The maximum absolute atomic E-state index is 6.26. The smallest absolute Gasteiger partial charge is 0.226 e. The Morgan fingerprint density at radius 2 is 2.00 bits per heavy atom. The van der Waals surface area contributed by atoms with Crippen LogP contribution in [-0.4, -0.2) is 11.6 Å². The van der Waals surface area contributed by atoms with Crippen molar-refractivity contribution in [3.63, 3.8) is 0 Å². The van der Waals surface area contributed by atoms with Gasteiger partial charge in [0, 0.05) is 18.8 Å². The largest absolute Gasteiger partial charge is 0.308 e. The van der Waals surface area contributed by atoms with Crippen molar-refractivity contribution < 1.29 is 14.5 Å². The molecule has 1 aliphatic heterocycles. The normalized spacial score (nSPS) is 38.3. The topological polar surface area (TPSA) is 27.7 Å². The molecule has 3 atom stereocenters. The fourth-order valence-corrected chi connectivity index (χ4v) is 3.37. The Bertz CT molecular complexity index is 592. The van der Waals surface area contributed by atoms with Gasteiger partial charge in [-0.1, -0.05) is 49.4 Å². The van der Waals surface area contributed by atoms with Crippen LogP contribution in [0.1, 0.15) is 38.2 Å². The summed E-state index contributed by atoms with van der Waals surface area (Å²) in [5.41, 5.74) is 2.65. The van der Waals surface area contributed by atoms with Crippen molar-refractivity contribution >= 4 is 5.57 Å². The summed E-state index contributed by atoms with van der Waals surface area (Å²) in [6.45, 7) is 2.14. The highest BCUT2D eigenvalue weighted by molar-refractivity contribution is 5.66. The van der Waals surface area contributed by atoms with Gasteiger partial charge in [0.2, 0.25) is 11.6 Å². The molecule has 0 aromatic heterocycles. The van der Waals surface area contributed by atoms with E-state index in [0.717, 1.165) is 25.7 Å². The summed E-state index contributed by atoms with van der Waals surface area (Å²) in [5.74, 6) is -0.976. The molecule has 21 heavy (non-hydrogen) atoms. The summed E-state index contributed by atoms with van der Waals surface area (Å²) in [6.07, 6.45) is 9.83. The van der Waals surface area contributed by atoms with Gasteiger partial charge < -0.3 is 4.74 Å². The highest BCUT2D eigenvalue weighted by Gasteiger charge is 2.55. The summed E-state index contributed by atoms with van der Waals surface area (Å²) < 4.78 is 6.26. The van der Waals surface area contributed by atoms with E-state index in [1.165, 1.54) is 11.1 Å². The third kappa shape index (κ3) is 2.16. The van der Waals surface area contributed by atoms with E-state index in [-0.39, 0.29) is 0 Å². The van der Waals surface area contributed by atoms with E-state index >= 15 is 0 Å². The van der Waals surface area contributed by atoms with Gasteiger partial charge in [0.05, 0.1) is 0 Å². The molecule has 4 rings (SSSR count). The molecule has 0 bridgehead atoms. The molecule has 1 fully saturated rings. The minimum absolute atomic E-state index is 0.302. The first-order chi connectivity index (χ1) is 10.2. The van der Waals surface area contributed by atoms with Crippen LogP contribution in [0, 0.1) is 5.92 Å². The van der Waals surface area contributed by atoms with Crippen LogP contribution in [0.2, 0.25) is 0 Å². The molecule has 1 heterocycles. The lowest BCUT2D eigenvalue weighted by Gasteiger charge is -2.31. The maximum Gasteiger partial charge on any atom is 0.226 e. The Morgan fingerprint density at radius 1 is 1.14 bits per heavy atom. The molecule has 3 aliphatic rings. The van der Waals surface area contributed by atoms with Gasteiger partial charge in [0.15, 0.2) is 0 Å². The predicted molar refractivity (Wildman–Crippen MR) is 79.9 cm³/mol. The number of hydrogen-bond donors (Lipinski definition) is 0. The van der Waals surface area contributed by atoms with Crippen LogP contribution in [0.25, 0.3) is 5.57 Å². The quantitative estimate of drug-likeness (QED) is 0.571. The molecule has 0 saturated carbocycles. The summed E-state index contributed by atoms with van der Waals surface area (Å²) >= 11 is 0. The molecule has 2 spiro atoms. The van der Waals surface area contributed by atoms with E-state index in [2.05, 4.69) is 43.3 Å². The van der Waals surface area contributed by atoms with Crippen LogP contribution in [0.15, 0.2) is 48.6 Å². The van der Waals surface area contributed by atoms with E-state index in [0.29, 0.717) is 5.92 Å². The Labute approximate surface area is 125 Å². The van der Waals surface area contributed by atoms with E-state index in [1.807, 2.05) is 12.1 Å². The summed E-state index contributed by atoms with van der Waals surface area (Å²) in [4.78, 5) is 11.3. The van der Waals surface area contributed by atoms with Crippen molar-refractivity contribution in [2.45, 2.75) is 44.2 Å². The Kier molecular flexibility index (Phi) is 3.03. The lowest BCUT2D eigenvalue weighted by molar-refractivity contribution is -0.347. The molecular formula is C18H20O3. The van der Waals surface area contributed by atoms with Crippen LogP contribution >= 0.6 is 0 Å². The summed E-state index contributed by atoms with van der Waals surface area (Å²) in [5, 5.41) is 0. The number of rotatable bonds is 1. The van der Waals surface area contributed by atoms with Gasteiger partial charge in [0.1, 0.15) is 0 Å². The highest BCUT2D eigenvalue weighted by Crippen LogP contribution is 2.49. The average molecular weight is 284 g/mol. The van der Waals surface area contributed by atoms with Gasteiger partial charge in [-0.05, 0) is 30.1 Å². The highest BCUT2D eigenvalue weighted by atomic mass is 17.3. The van der Waals surface area contributed by atoms with Gasteiger partial charge in [0.25, 0.3) is 0 Å². The molecule has 1 aromatic carbocycles. The van der Waals surface area contributed by atoms with E-state index in [9.17, 15) is 0 Å². The third-order valence-electron chi connectivity index (χ3n) is 4.78. The van der Waals surface area contributed by atoms with Crippen molar-refractivity contribution in [1.29, 1.82) is 0 Å². The van der Waals surface area contributed by atoms with Gasteiger partial charge in [-0.2, -0.15) is 9.78 Å². The first kappa shape index (κ1) is 13.3. The minimum Gasteiger partial charge on any atom is -0.308 e. The Balaban J connectivity index is 1.53. The standard InChI is InChI=1S/C18H20O3/c1-14-6-5-11-18(14)19-17(20-21-18)12-9-16(10-13-17)15-7-3-2-4-8-15/h2-5,7-9,11,14H,6,10,12-13H2,1H3. The molecular weight excluding hydrogens is 264 g/mol. The number of hydrogen-bond acceptors (Lipinski definition) is 3. The molecule has 1 aromatic rings. The van der Waals surface area contributed by atoms with Crippen molar-refractivity contribution in [3.8, 4) is 0 Å². The third-order valence-corrected chi connectivity index (χ3v) is 4.78. The van der Waals surface area contributed by atoms with Crippen LogP contribution in [0.5, 0.6) is 0 Å². The monoisotopic (exact) mass is 284 g/mol. The van der Waals surface area contributed by atoms with Crippen molar-refractivity contribution in [2.24, 2.45) is 5.92 Å². The molecule has 3 heteroatoms. The minimum atomic E-state index is -0.669. The van der Waals surface area contributed by atoms with Gasteiger partial charge in [-0.15, -0.1) is 0 Å². The number of benzene rings is 1. The molecule has 0 radical (unpaired) electrons. The maximum atomic E-state index is 6.26. The van der Waals surface area contributed by atoms with Gasteiger partial charge >= 0.3 is 0 Å². The van der Waals surface area contributed by atoms with E-state index in [4.69, 9.17) is 14.5 Å². The number of ether oxygens (including phenoxy) is 1. The SMILES string of the molecule is CC1CC=CC12OOC1(CC=C(c3ccccc3)CC1)O2. The zero-order chi connectivity index (χ0) is 14.3. The first-order valence-electron chi connectivity index (χ1n) is 7.71. The molecule has 3 nitrogen and oxygen atoms in total. The second kappa shape index (κ2) is 4.80. The fraction of sp³-hybridized carbons (Fsp3) is 0.444. The lowest BCUT2D eigenvalue weighted by atomic mass is 9.89. The second-order valence-corrected chi connectivity index (χ2v) is 6.24. The zero-order valence-corrected chi connectivity index (χ0v) is 12.2. The molecule has 110 valence electrons. The van der Waals surface area contributed by atoms with Crippen LogP contribution < -0.4 is 0 Å². The predicted octanol–water partition coefficient (Wildman–Crippen LogP) is 4.22. The van der Waals surface area contributed by atoms with E-state index in [1.54, 1.807) is 0 Å². The van der Waals surface area contributed by atoms with Crippen LogP contribution in [0.3, 0.4) is 0 Å². The van der Waals surface area contributed by atoms with E-state index < -0.39 is 11.6 Å². The molecule has 1 saturated heterocycles. The van der Waals surface area contributed by atoms with Crippen molar-refractivity contribution in [1.82, 2.24) is 0 Å². The lowest BCUT2D eigenvalue weighted by Crippen LogP contribution is -2.38. The summed E-state index contributed by atoms with van der Waals surface area (Å²) in [6, 6.07) is 10.5. The fourth-order valence-electron chi connectivity index (χ4n) is 3.37. The van der Waals surface area contributed by atoms with Crippen LogP contribution in [-0.2, 0) is 14.5 Å². The second-order valence-electron chi connectivity index (χ2n) is 6.24. The van der Waals surface area contributed by atoms with Gasteiger partial charge in [-0.3, -0.25) is 0 Å². The Morgan fingerprint density at radius 3 is 2.67 bits per heavy atom. The first-order valence-corrected chi connectivity index (χ1v) is 7.71. The van der Waals surface area contributed by atoms with Gasteiger partial charge in [-0.25, -0.2) is 0 Å². The number of allylic oxidation sites excluding steroid dienone is 2. The zero-order valence-electron chi connectivity index (χ0n) is 12.2. The average Bonchev–Trinajstić information content (AvgIpc) is 3.06. The van der Waals surface area contributed by atoms with Crippen molar-refractivity contribution in [3.05, 3.63) is 54.1 Å². The molecule has 3 unspecified atom stereocenters. The van der Waals surface area contributed by atoms with Crippen molar-refractivity contribution in [2.75, 3.05) is 0 Å². The molecule has 0 N–H and O–H groups in total. The van der Waals surface area contributed by atoms with Crippen LogP contribution in [0.4, 0.5) is 0 Å².